The number of nitro benzene ring substituents is 2. The van der Waals surface area contributed by atoms with Crippen molar-refractivity contribution in [1.29, 1.82) is 0 Å². The molecule has 1 N–H and O–H groups in total. The van der Waals surface area contributed by atoms with Gasteiger partial charge in [0.25, 0.3) is 11.4 Å². The Hall–Kier alpha value is -2.61. The van der Waals surface area contributed by atoms with Crippen LogP contribution in [0.2, 0.25) is 0 Å². The Morgan fingerprint density at radius 1 is 1.05 bits per heavy atom. The SMILES string of the molecule is CNc1cc(Sc2ccccc2[N+](=O)[O-])cc([N+](=O)[O-])c1. The fraction of sp³-hybridized carbons (Fsp3) is 0.0769. The average Bonchev–Trinajstić information content (AvgIpc) is 2.47. The Balaban J connectivity index is 2.42. The van der Waals surface area contributed by atoms with E-state index in [2.05, 4.69) is 5.32 Å². The van der Waals surface area contributed by atoms with Gasteiger partial charge in [-0.15, -0.1) is 0 Å². The highest BCUT2D eigenvalue weighted by Gasteiger charge is 2.16. The Labute approximate surface area is 124 Å². The second kappa shape index (κ2) is 6.23. The van der Waals surface area contributed by atoms with E-state index < -0.39 is 9.85 Å². The maximum atomic E-state index is 11.0. The maximum Gasteiger partial charge on any atom is 0.283 e. The van der Waals surface area contributed by atoms with E-state index in [1.807, 2.05) is 0 Å². The predicted molar refractivity (Wildman–Crippen MR) is 79.9 cm³/mol. The third-order valence-electron chi connectivity index (χ3n) is 2.68. The summed E-state index contributed by atoms with van der Waals surface area (Å²) >= 11 is 1.12. The largest absolute Gasteiger partial charge is 0.388 e. The molecule has 108 valence electrons. The number of non-ortho nitro benzene ring substituents is 1. The van der Waals surface area contributed by atoms with Gasteiger partial charge >= 0.3 is 0 Å². The first-order valence-electron chi connectivity index (χ1n) is 5.90. The highest BCUT2D eigenvalue weighted by Crippen LogP contribution is 2.37. The first kappa shape index (κ1) is 14.8. The van der Waals surface area contributed by atoms with Crippen molar-refractivity contribution in [2.75, 3.05) is 12.4 Å². The molecule has 0 aliphatic carbocycles. The standard InChI is InChI=1S/C13H11N3O4S/c1-14-9-6-10(15(17)18)8-11(7-9)21-13-5-3-2-4-12(13)16(19)20/h2-8,14H,1H3. The zero-order chi connectivity index (χ0) is 15.4. The molecule has 0 aromatic heterocycles. The maximum absolute atomic E-state index is 11.0. The number of nitrogens with zero attached hydrogens (tertiary/aromatic N) is 2. The van der Waals surface area contributed by atoms with Gasteiger partial charge in [0, 0.05) is 35.8 Å². The van der Waals surface area contributed by atoms with Crippen LogP contribution in [-0.4, -0.2) is 16.9 Å². The predicted octanol–water partition coefficient (Wildman–Crippen LogP) is 3.70. The van der Waals surface area contributed by atoms with Crippen molar-refractivity contribution in [1.82, 2.24) is 0 Å². The monoisotopic (exact) mass is 305 g/mol. The number of hydrogen-bond donors (Lipinski definition) is 1. The summed E-state index contributed by atoms with van der Waals surface area (Å²) in [5.41, 5.74) is 0.480. The molecule has 0 aliphatic rings. The zero-order valence-electron chi connectivity index (χ0n) is 11.0. The molecule has 0 fully saturated rings. The molecule has 2 aromatic carbocycles. The molecule has 2 aromatic rings. The van der Waals surface area contributed by atoms with Gasteiger partial charge in [0.15, 0.2) is 0 Å². The molecule has 0 aliphatic heterocycles. The van der Waals surface area contributed by atoms with Gasteiger partial charge in [0.05, 0.1) is 14.7 Å². The van der Waals surface area contributed by atoms with Crippen molar-refractivity contribution < 1.29 is 9.85 Å². The topological polar surface area (TPSA) is 98.3 Å². The van der Waals surface area contributed by atoms with Gasteiger partial charge in [-0.25, -0.2) is 0 Å². The first-order chi connectivity index (χ1) is 10.0. The molecule has 0 heterocycles. The number of para-hydroxylation sites is 1. The summed E-state index contributed by atoms with van der Waals surface area (Å²) in [7, 11) is 1.65. The number of nitrogens with one attached hydrogen (secondary N) is 1. The molecule has 0 unspecified atom stereocenters. The van der Waals surface area contributed by atoms with E-state index >= 15 is 0 Å². The van der Waals surface area contributed by atoms with Crippen LogP contribution in [-0.2, 0) is 0 Å². The van der Waals surface area contributed by atoms with Crippen molar-refractivity contribution in [2.24, 2.45) is 0 Å². The van der Waals surface area contributed by atoms with Gasteiger partial charge < -0.3 is 5.32 Å². The van der Waals surface area contributed by atoms with Crippen LogP contribution in [0.15, 0.2) is 52.3 Å². The molecule has 7 nitrogen and oxygen atoms in total. The highest BCUT2D eigenvalue weighted by molar-refractivity contribution is 7.99. The van der Waals surface area contributed by atoms with Crippen molar-refractivity contribution in [2.45, 2.75) is 9.79 Å². The summed E-state index contributed by atoms with van der Waals surface area (Å²) in [4.78, 5) is 21.9. The second-order valence-corrected chi connectivity index (χ2v) is 5.16. The highest BCUT2D eigenvalue weighted by atomic mass is 32.2. The molecule has 0 radical (unpaired) electrons. The fourth-order valence-corrected chi connectivity index (χ4v) is 2.73. The minimum absolute atomic E-state index is 0.0278. The van der Waals surface area contributed by atoms with Crippen molar-refractivity contribution in [3.05, 3.63) is 62.7 Å². The summed E-state index contributed by atoms with van der Waals surface area (Å²) in [6.45, 7) is 0. The summed E-state index contributed by atoms with van der Waals surface area (Å²) in [5, 5.41) is 24.7. The van der Waals surface area contributed by atoms with Gasteiger partial charge in [-0.3, -0.25) is 20.2 Å². The van der Waals surface area contributed by atoms with Crippen molar-refractivity contribution >= 4 is 28.8 Å². The second-order valence-electron chi connectivity index (χ2n) is 4.05. The van der Waals surface area contributed by atoms with E-state index in [4.69, 9.17) is 0 Å². The zero-order valence-corrected chi connectivity index (χ0v) is 11.8. The van der Waals surface area contributed by atoms with Crippen LogP contribution in [0.5, 0.6) is 0 Å². The van der Waals surface area contributed by atoms with E-state index in [-0.39, 0.29) is 11.4 Å². The van der Waals surface area contributed by atoms with Gasteiger partial charge in [-0.05, 0) is 12.1 Å². The molecular formula is C13H11N3O4S. The van der Waals surface area contributed by atoms with Crippen LogP contribution in [0.25, 0.3) is 0 Å². The molecule has 21 heavy (non-hydrogen) atoms. The number of anilines is 1. The summed E-state index contributed by atoms with van der Waals surface area (Å²) in [5.74, 6) is 0. The lowest BCUT2D eigenvalue weighted by Gasteiger charge is -2.06. The molecule has 0 spiro atoms. The molecular weight excluding hydrogens is 294 g/mol. The number of nitro groups is 2. The first-order valence-corrected chi connectivity index (χ1v) is 6.71. The van der Waals surface area contributed by atoms with Crippen molar-refractivity contribution in [3.8, 4) is 0 Å². The molecule has 8 heteroatoms. The Kier molecular flexibility index (Phi) is 4.39. The van der Waals surface area contributed by atoms with E-state index in [1.165, 1.54) is 18.2 Å². The quantitative estimate of drug-likeness (QED) is 0.668. The summed E-state index contributed by atoms with van der Waals surface area (Å²) in [6, 6.07) is 10.8. The number of rotatable bonds is 5. The average molecular weight is 305 g/mol. The van der Waals surface area contributed by atoms with E-state index in [1.54, 1.807) is 31.3 Å². The minimum Gasteiger partial charge on any atom is -0.388 e. The van der Waals surface area contributed by atoms with E-state index in [0.29, 0.717) is 15.5 Å². The van der Waals surface area contributed by atoms with E-state index in [0.717, 1.165) is 11.8 Å². The minimum atomic E-state index is -0.496. The number of benzene rings is 2. The fourth-order valence-electron chi connectivity index (χ4n) is 1.71. The third kappa shape index (κ3) is 3.48. The lowest BCUT2D eigenvalue weighted by atomic mass is 10.3. The van der Waals surface area contributed by atoms with Gasteiger partial charge in [0.1, 0.15) is 0 Å². The molecule has 0 bridgehead atoms. The molecule has 0 atom stereocenters. The molecule has 0 saturated carbocycles. The Morgan fingerprint density at radius 3 is 2.38 bits per heavy atom. The van der Waals surface area contributed by atoms with Crippen LogP contribution >= 0.6 is 11.8 Å². The van der Waals surface area contributed by atoms with Crippen LogP contribution in [0.3, 0.4) is 0 Å². The van der Waals surface area contributed by atoms with E-state index in [9.17, 15) is 20.2 Å². The van der Waals surface area contributed by atoms with Crippen LogP contribution in [0.1, 0.15) is 0 Å². The van der Waals surface area contributed by atoms with Gasteiger partial charge in [0.2, 0.25) is 0 Å². The normalized spacial score (nSPS) is 10.1. The Morgan fingerprint density at radius 2 is 1.76 bits per heavy atom. The Bertz CT molecular complexity index is 706. The van der Waals surface area contributed by atoms with Crippen LogP contribution < -0.4 is 5.32 Å². The lowest BCUT2D eigenvalue weighted by molar-refractivity contribution is -0.387. The summed E-state index contributed by atoms with van der Waals surface area (Å²) < 4.78 is 0. The van der Waals surface area contributed by atoms with Gasteiger partial charge in [-0.1, -0.05) is 23.9 Å². The van der Waals surface area contributed by atoms with Crippen molar-refractivity contribution in [3.63, 3.8) is 0 Å². The molecule has 0 saturated heterocycles. The lowest BCUT2D eigenvalue weighted by Crippen LogP contribution is -1.94. The molecule has 0 amide bonds. The molecule has 2 rings (SSSR count). The smallest absolute Gasteiger partial charge is 0.283 e. The van der Waals surface area contributed by atoms with Crippen LogP contribution in [0.4, 0.5) is 17.1 Å². The van der Waals surface area contributed by atoms with Gasteiger partial charge in [-0.2, -0.15) is 0 Å². The summed E-state index contributed by atoms with van der Waals surface area (Å²) in [6.07, 6.45) is 0. The number of hydrogen-bond acceptors (Lipinski definition) is 6. The van der Waals surface area contributed by atoms with Crippen LogP contribution in [0, 0.1) is 20.2 Å². The third-order valence-corrected chi connectivity index (χ3v) is 3.72.